The molecule has 0 aromatic carbocycles. The first-order valence-electron chi connectivity index (χ1n) is 6.34. The van der Waals surface area contributed by atoms with E-state index in [4.69, 9.17) is 10.5 Å². The third kappa shape index (κ3) is 7.80. The van der Waals surface area contributed by atoms with Crippen LogP contribution in [0.1, 0.15) is 59.8 Å². The van der Waals surface area contributed by atoms with Crippen molar-refractivity contribution in [2.45, 2.75) is 65.9 Å². The lowest BCUT2D eigenvalue weighted by Crippen LogP contribution is -2.36. The van der Waals surface area contributed by atoms with Gasteiger partial charge in [0.2, 0.25) is 0 Å². The molecule has 0 aliphatic rings. The molecule has 0 aliphatic heterocycles. The average Bonchev–Trinajstić information content (AvgIpc) is 2.15. The van der Waals surface area contributed by atoms with Gasteiger partial charge in [-0.3, -0.25) is 0 Å². The van der Waals surface area contributed by atoms with E-state index in [2.05, 4.69) is 27.7 Å². The van der Waals surface area contributed by atoms with Gasteiger partial charge in [0.15, 0.2) is 0 Å². The highest BCUT2D eigenvalue weighted by molar-refractivity contribution is 4.74. The fourth-order valence-electron chi connectivity index (χ4n) is 1.60. The van der Waals surface area contributed by atoms with E-state index in [1.807, 2.05) is 0 Å². The minimum absolute atomic E-state index is 0.165. The number of hydrogen-bond donors (Lipinski definition) is 1. The van der Waals surface area contributed by atoms with Crippen molar-refractivity contribution in [3.8, 4) is 0 Å². The third-order valence-corrected chi connectivity index (χ3v) is 2.75. The minimum Gasteiger partial charge on any atom is -0.376 e. The molecule has 0 saturated carbocycles. The van der Waals surface area contributed by atoms with E-state index in [0.717, 1.165) is 6.61 Å². The van der Waals surface area contributed by atoms with Gasteiger partial charge in [0, 0.05) is 13.2 Å². The Bertz CT molecular complexity index is 140. The summed E-state index contributed by atoms with van der Waals surface area (Å²) in [6.45, 7) is 10.3. The van der Waals surface area contributed by atoms with Gasteiger partial charge >= 0.3 is 0 Å². The highest BCUT2D eigenvalue weighted by Crippen LogP contribution is 2.21. The maximum Gasteiger partial charge on any atom is 0.0745 e. The van der Waals surface area contributed by atoms with E-state index in [9.17, 15) is 0 Å². The van der Waals surface area contributed by atoms with E-state index in [0.29, 0.717) is 6.54 Å². The summed E-state index contributed by atoms with van der Waals surface area (Å²) >= 11 is 0. The summed E-state index contributed by atoms with van der Waals surface area (Å²) in [7, 11) is 0. The number of hydrogen-bond acceptors (Lipinski definition) is 2. The second-order valence-corrected chi connectivity index (χ2v) is 5.38. The van der Waals surface area contributed by atoms with Gasteiger partial charge in [0.05, 0.1) is 6.10 Å². The molecule has 0 spiro atoms. The van der Waals surface area contributed by atoms with Crippen LogP contribution < -0.4 is 5.73 Å². The van der Waals surface area contributed by atoms with Gasteiger partial charge in [-0.1, -0.05) is 53.4 Å². The standard InChI is InChI=1S/C13H29NO/c1-5-6-7-8-9-10-15-12(11-14)13(2,3)4/h12H,5-11,14H2,1-4H3. The highest BCUT2D eigenvalue weighted by atomic mass is 16.5. The Morgan fingerprint density at radius 2 is 1.67 bits per heavy atom. The summed E-state index contributed by atoms with van der Waals surface area (Å²) in [6.07, 6.45) is 6.64. The molecular formula is C13H29NO. The van der Waals surface area contributed by atoms with Crippen LogP contribution in [0.5, 0.6) is 0 Å². The predicted molar refractivity (Wildman–Crippen MR) is 67.0 cm³/mol. The molecule has 15 heavy (non-hydrogen) atoms. The quantitative estimate of drug-likeness (QED) is 0.630. The van der Waals surface area contributed by atoms with Crippen LogP contribution in [-0.4, -0.2) is 19.3 Å². The monoisotopic (exact) mass is 215 g/mol. The molecule has 2 N–H and O–H groups in total. The Hall–Kier alpha value is -0.0800. The molecule has 0 aromatic rings. The third-order valence-electron chi connectivity index (χ3n) is 2.75. The van der Waals surface area contributed by atoms with Crippen molar-refractivity contribution < 1.29 is 4.74 Å². The second-order valence-electron chi connectivity index (χ2n) is 5.38. The van der Waals surface area contributed by atoms with E-state index in [1.54, 1.807) is 0 Å². The summed E-state index contributed by atoms with van der Waals surface area (Å²) in [5, 5.41) is 0. The van der Waals surface area contributed by atoms with Crippen molar-refractivity contribution in [1.29, 1.82) is 0 Å². The van der Waals surface area contributed by atoms with E-state index in [1.165, 1.54) is 32.1 Å². The zero-order valence-corrected chi connectivity index (χ0v) is 11.0. The minimum atomic E-state index is 0.165. The molecular weight excluding hydrogens is 186 g/mol. The Kier molecular flexibility index (Phi) is 8.07. The molecule has 0 fully saturated rings. The van der Waals surface area contributed by atoms with Gasteiger partial charge in [0.1, 0.15) is 0 Å². The van der Waals surface area contributed by atoms with Crippen LogP contribution in [0.3, 0.4) is 0 Å². The van der Waals surface area contributed by atoms with E-state index >= 15 is 0 Å². The molecule has 0 aliphatic carbocycles. The summed E-state index contributed by atoms with van der Waals surface area (Å²) < 4.78 is 5.81. The molecule has 2 nitrogen and oxygen atoms in total. The SMILES string of the molecule is CCCCCCCOC(CN)C(C)(C)C. The normalized spacial score (nSPS) is 14.2. The predicted octanol–water partition coefficient (Wildman–Crippen LogP) is 3.35. The fourth-order valence-corrected chi connectivity index (χ4v) is 1.60. The summed E-state index contributed by atoms with van der Waals surface area (Å²) in [6, 6.07) is 0. The smallest absolute Gasteiger partial charge is 0.0745 e. The number of rotatable bonds is 8. The van der Waals surface area contributed by atoms with Gasteiger partial charge in [-0.2, -0.15) is 0 Å². The first-order valence-corrected chi connectivity index (χ1v) is 6.34. The Morgan fingerprint density at radius 3 is 2.13 bits per heavy atom. The van der Waals surface area contributed by atoms with Crippen molar-refractivity contribution in [2.75, 3.05) is 13.2 Å². The topological polar surface area (TPSA) is 35.2 Å². The molecule has 0 rings (SSSR count). The van der Waals surface area contributed by atoms with Crippen molar-refractivity contribution in [2.24, 2.45) is 11.1 Å². The largest absolute Gasteiger partial charge is 0.376 e. The van der Waals surface area contributed by atoms with Crippen LogP contribution in [0.2, 0.25) is 0 Å². The number of unbranched alkanes of at least 4 members (excludes halogenated alkanes) is 4. The van der Waals surface area contributed by atoms with Crippen molar-refractivity contribution in [3.63, 3.8) is 0 Å². The number of nitrogens with two attached hydrogens (primary N) is 1. The van der Waals surface area contributed by atoms with Gasteiger partial charge < -0.3 is 10.5 Å². The van der Waals surface area contributed by atoms with Crippen molar-refractivity contribution >= 4 is 0 Å². The maximum absolute atomic E-state index is 5.81. The zero-order chi connectivity index (χ0) is 11.7. The van der Waals surface area contributed by atoms with Gasteiger partial charge in [-0.15, -0.1) is 0 Å². The maximum atomic E-state index is 5.81. The number of ether oxygens (including phenoxy) is 1. The lowest BCUT2D eigenvalue weighted by atomic mass is 9.89. The van der Waals surface area contributed by atoms with E-state index in [-0.39, 0.29) is 11.5 Å². The first-order chi connectivity index (χ1) is 7.02. The Labute approximate surface area is 95.6 Å². The Balaban J connectivity index is 3.48. The summed E-state index contributed by atoms with van der Waals surface area (Å²) in [5.41, 5.74) is 5.86. The van der Waals surface area contributed by atoms with E-state index < -0.39 is 0 Å². The zero-order valence-electron chi connectivity index (χ0n) is 11.0. The molecule has 0 aromatic heterocycles. The van der Waals surface area contributed by atoms with Crippen LogP contribution in [0, 0.1) is 5.41 Å². The lowest BCUT2D eigenvalue weighted by Gasteiger charge is -2.29. The molecule has 1 unspecified atom stereocenters. The summed E-state index contributed by atoms with van der Waals surface area (Å²) in [4.78, 5) is 0. The Morgan fingerprint density at radius 1 is 1.07 bits per heavy atom. The molecule has 1 atom stereocenters. The second kappa shape index (κ2) is 8.12. The molecule has 0 saturated heterocycles. The molecule has 0 heterocycles. The average molecular weight is 215 g/mol. The lowest BCUT2D eigenvalue weighted by molar-refractivity contribution is -0.0128. The van der Waals surface area contributed by atoms with Crippen LogP contribution in [0.25, 0.3) is 0 Å². The summed E-state index contributed by atoms with van der Waals surface area (Å²) in [5.74, 6) is 0. The van der Waals surface area contributed by atoms with Gasteiger partial charge in [-0.05, 0) is 11.8 Å². The van der Waals surface area contributed by atoms with Crippen LogP contribution >= 0.6 is 0 Å². The molecule has 92 valence electrons. The molecule has 0 amide bonds. The molecule has 0 radical (unpaired) electrons. The van der Waals surface area contributed by atoms with Crippen molar-refractivity contribution in [3.05, 3.63) is 0 Å². The van der Waals surface area contributed by atoms with Crippen LogP contribution in [-0.2, 0) is 4.74 Å². The van der Waals surface area contributed by atoms with Crippen LogP contribution in [0.15, 0.2) is 0 Å². The first kappa shape index (κ1) is 14.9. The highest BCUT2D eigenvalue weighted by Gasteiger charge is 2.23. The van der Waals surface area contributed by atoms with Crippen LogP contribution in [0.4, 0.5) is 0 Å². The molecule has 0 bridgehead atoms. The van der Waals surface area contributed by atoms with Gasteiger partial charge in [0.25, 0.3) is 0 Å². The van der Waals surface area contributed by atoms with Gasteiger partial charge in [-0.25, -0.2) is 0 Å². The fraction of sp³-hybridized carbons (Fsp3) is 1.00. The van der Waals surface area contributed by atoms with Crippen molar-refractivity contribution in [1.82, 2.24) is 0 Å². The molecule has 2 heteroatoms.